The zero-order chi connectivity index (χ0) is 6.85. The molecule has 0 saturated carbocycles. The summed E-state index contributed by atoms with van der Waals surface area (Å²) in [6.45, 7) is 1.52. The molecule has 0 atom stereocenters. The molecule has 0 aliphatic rings. The van der Waals surface area contributed by atoms with E-state index in [0.29, 0.717) is 0 Å². The zero-order valence-electron chi connectivity index (χ0n) is 4.92. The molecule has 0 saturated heterocycles. The van der Waals surface area contributed by atoms with E-state index in [-0.39, 0.29) is 41.1 Å². The third-order valence-electron chi connectivity index (χ3n) is 1.03. The van der Waals surface area contributed by atoms with Gasteiger partial charge in [-0.3, -0.25) is 4.79 Å². The Morgan fingerprint density at radius 1 is 1.60 bits per heavy atom. The number of aryl methyl sites for hydroxylation is 1. The molecular weight excluding hydrogens is 143 g/mol. The van der Waals surface area contributed by atoms with Crippen molar-refractivity contribution in [3.05, 3.63) is 28.3 Å². The van der Waals surface area contributed by atoms with Crippen LogP contribution in [0.1, 0.15) is 5.76 Å². The third-order valence-corrected chi connectivity index (χ3v) is 1.03. The molecule has 0 bridgehead atoms. The van der Waals surface area contributed by atoms with E-state index in [1.54, 1.807) is 0 Å². The van der Waals surface area contributed by atoms with Gasteiger partial charge in [0.25, 0.3) is 0 Å². The summed E-state index contributed by atoms with van der Waals surface area (Å²) in [5, 5.41) is 8.80. The molecule has 1 aromatic rings. The molecule has 0 aliphatic heterocycles. The molecule has 1 N–H and O–H groups in total. The van der Waals surface area contributed by atoms with E-state index in [1.807, 2.05) is 0 Å². The van der Waals surface area contributed by atoms with Gasteiger partial charge in [-0.25, -0.2) is 0 Å². The Morgan fingerprint density at radius 2 is 2.20 bits per heavy atom. The predicted molar refractivity (Wildman–Crippen MR) is 38.5 cm³/mol. The second kappa shape index (κ2) is 3.81. The quantitative estimate of drug-likeness (QED) is 0.530. The molecule has 0 aromatic carbocycles. The number of rotatable bonds is 0. The summed E-state index contributed by atoms with van der Waals surface area (Å²) >= 11 is 0. The summed E-state index contributed by atoms with van der Waals surface area (Å²) in [7, 11) is 0. The molecular formula is C6H7NaO3. The van der Waals surface area contributed by atoms with Crippen LogP contribution < -0.4 is 5.43 Å². The molecule has 0 fully saturated rings. The molecule has 0 amide bonds. The molecule has 50 valence electrons. The van der Waals surface area contributed by atoms with Crippen LogP contribution in [0.2, 0.25) is 0 Å². The van der Waals surface area contributed by atoms with Gasteiger partial charge in [0.15, 0.2) is 0 Å². The predicted octanol–water partition coefficient (Wildman–Crippen LogP) is 0.00532. The molecule has 0 unspecified atom stereocenters. The minimum absolute atomic E-state index is 0. The zero-order valence-corrected chi connectivity index (χ0v) is 4.92. The summed E-state index contributed by atoms with van der Waals surface area (Å²) < 4.78 is 4.69. The van der Waals surface area contributed by atoms with Gasteiger partial charge in [-0.1, -0.05) is 0 Å². The first-order chi connectivity index (χ1) is 4.22. The fourth-order valence-corrected chi connectivity index (χ4v) is 0.506. The first kappa shape index (κ1) is 9.75. The second-order valence-corrected chi connectivity index (χ2v) is 1.69. The van der Waals surface area contributed by atoms with Gasteiger partial charge in [-0.15, -0.1) is 0 Å². The average molecular weight is 150 g/mol. The van der Waals surface area contributed by atoms with Crippen molar-refractivity contribution in [3.8, 4) is 5.75 Å². The summed E-state index contributed by atoms with van der Waals surface area (Å²) in [4.78, 5) is 10.5. The third kappa shape index (κ3) is 1.87. The van der Waals surface area contributed by atoms with Crippen molar-refractivity contribution in [2.24, 2.45) is 0 Å². The number of hydrogen-bond acceptors (Lipinski definition) is 3. The number of hydrogen-bond donors (Lipinski definition) is 1. The van der Waals surface area contributed by atoms with E-state index < -0.39 is 5.43 Å². The Balaban J connectivity index is 0.000000810. The first-order valence-electron chi connectivity index (χ1n) is 2.49. The van der Waals surface area contributed by atoms with Crippen LogP contribution in [-0.4, -0.2) is 34.7 Å². The summed E-state index contributed by atoms with van der Waals surface area (Å²) in [6.07, 6.45) is 1.25. The average Bonchev–Trinajstić information content (AvgIpc) is 1.83. The van der Waals surface area contributed by atoms with Gasteiger partial charge < -0.3 is 9.52 Å². The van der Waals surface area contributed by atoms with E-state index in [9.17, 15) is 4.79 Å². The van der Waals surface area contributed by atoms with Crippen LogP contribution in [0, 0.1) is 6.92 Å². The minimum atomic E-state index is -0.404. The first-order valence-corrected chi connectivity index (χ1v) is 2.49. The van der Waals surface area contributed by atoms with E-state index >= 15 is 0 Å². The van der Waals surface area contributed by atoms with E-state index in [4.69, 9.17) is 5.11 Å². The van der Waals surface area contributed by atoms with Crippen molar-refractivity contribution in [2.75, 3.05) is 0 Å². The van der Waals surface area contributed by atoms with Crippen LogP contribution in [0.4, 0.5) is 0 Å². The van der Waals surface area contributed by atoms with Crippen LogP contribution in [-0.2, 0) is 0 Å². The van der Waals surface area contributed by atoms with Gasteiger partial charge in [0.1, 0.15) is 5.76 Å². The second-order valence-electron chi connectivity index (χ2n) is 1.69. The van der Waals surface area contributed by atoms with Crippen LogP contribution >= 0.6 is 0 Å². The van der Waals surface area contributed by atoms with Gasteiger partial charge in [0.2, 0.25) is 11.2 Å². The molecule has 3 nitrogen and oxygen atoms in total. The number of aromatic hydroxyl groups is 1. The van der Waals surface area contributed by atoms with E-state index in [1.165, 1.54) is 19.3 Å². The van der Waals surface area contributed by atoms with Gasteiger partial charge in [-0.2, -0.15) is 0 Å². The maximum absolute atomic E-state index is 10.5. The molecule has 0 radical (unpaired) electrons. The van der Waals surface area contributed by atoms with E-state index in [2.05, 4.69) is 4.42 Å². The van der Waals surface area contributed by atoms with Gasteiger partial charge in [0.05, 0.1) is 6.26 Å². The Bertz CT molecular complexity index is 266. The van der Waals surface area contributed by atoms with Gasteiger partial charge in [-0.05, 0) is 6.92 Å². The maximum atomic E-state index is 10.5. The molecule has 10 heavy (non-hydrogen) atoms. The van der Waals surface area contributed by atoms with Crippen LogP contribution in [0.15, 0.2) is 21.5 Å². The Hall–Kier alpha value is -0.250. The van der Waals surface area contributed by atoms with Gasteiger partial charge >= 0.3 is 29.6 Å². The molecule has 1 aromatic heterocycles. The fraction of sp³-hybridized carbons (Fsp3) is 0.167. The summed E-state index contributed by atoms with van der Waals surface area (Å²) in [5.74, 6) is -0.0556. The molecule has 1 heterocycles. The molecule has 0 spiro atoms. The van der Waals surface area contributed by atoms with Gasteiger partial charge in [0, 0.05) is 6.07 Å². The molecule has 4 heteroatoms. The molecule has 1 rings (SSSR count). The Kier molecular flexibility index (Phi) is 3.71. The van der Waals surface area contributed by atoms with Crippen molar-refractivity contribution >= 4 is 29.6 Å². The van der Waals surface area contributed by atoms with Crippen molar-refractivity contribution in [1.82, 2.24) is 0 Å². The standard InChI is InChI=1S/C6H6O3.Na.H/c1-4-6(8)5(7)2-3-9-4;;/h2-3,8H,1H3;;. The SMILES string of the molecule is Cc1occc(=O)c1O.[NaH]. The Labute approximate surface area is 80.0 Å². The van der Waals surface area contributed by atoms with Crippen molar-refractivity contribution in [3.63, 3.8) is 0 Å². The summed E-state index contributed by atoms with van der Waals surface area (Å²) in [5.41, 5.74) is -0.404. The van der Waals surface area contributed by atoms with Crippen LogP contribution in [0.25, 0.3) is 0 Å². The van der Waals surface area contributed by atoms with Crippen molar-refractivity contribution in [1.29, 1.82) is 0 Å². The summed E-state index contributed by atoms with van der Waals surface area (Å²) in [6, 6.07) is 1.17. The normalized spacial score (nSPS) is 8.50. The topological polar surface area (TPSA) is 50.4 Å². The fourth-order valence-electron chi connectivity index (χ4n) is 0.506. The van der Waals surface area contributed by atoms with Crippen molar-refractivity contribution < 1.29 is 9.52 Å². The monoisotopic (exact) mass is 150 g/mol. The van der Waals surface area contributed by atoms with Crippen molar-refractivity contribution in [2.45, 2.75) is 6.92 Å². The Morgan fingerprint density at radius 3 is 2.60 bits per heavy atom. The van der Waals surface area contributed by atoms with E-state index in [0.717, 1.165) is 0 Å². The molecule has 0 aliphatic carbocycles. The van der Waals surface area contributed by atoms with Crippen LogP contribution in [0.3, 0.4) is 0 Å². The van der Waals surface area contributed by atoms with Crippen LogP contribution in [0.5, 0.6) is 5.75 Å².